The minimum atomic E-state index is 0.0718. The number of thioether (sulfide) groups is 1. The van der Waals surface area contributed by atoms with Crippen molar-refractivity contribution < 1.29 is 9.53 Å². The Kier molecular flexibility index (Phi) is 6.78. The second-order valence-electron chi connectivity index (χ2n) is 4.70. The van der Waals surface area contributed by atoms with Crippen LogP contribution in [0.2, 0.25) is 0 Å². The van der Waals surface area contributed by atoms with Gasteiger partial charge in [0.05, 0.1) is 7.11 Å². The number of carbonyl (C=O) groups excluding carboxylic acids is 1. The van der Waals surface area contributed by atoms with Crippen molar-refractivity contribution in [2.24, 2.45) is 5.92 Å². The van der Waals surface area contributed by atoms with Gasteiger partial charge in [-0.1, -0.05) is 19.1 Å². The lowest BCUT2D eigenvalue weighted by Crippen LogP contribution is -2.31. The minimum absolute atomic E-state index is 0.0718. The SMILES string of the molecule is COc1cc(CCNC(=O)[C@@H](C)CSC)ccc1C. The van der Waals surface area contributed by atoms with Crippen LogP contribution in [-0.2, 0) is 11.2 Å². The summed E-state index contributed by atoms with van der Waals surface area (Å²) < 4.78 is 5.29. The van der Waals surface area contributed by atoms with E-state index in [1.165, 1.54) is 5.56 Å². The van der Waals surface area contributed by atoms with Crippen LogP contribution in [-0.4, -0.2) is 31.6 Å². The molecule has 0 aromatic heterocycles. The van der Waals surface area contributed by atoms with Crippen molar-refractivity contribution >= 4 is 17.7 Å². The highest BCUT2D eigenvalue weighted by Gasteiger charge is 2.11. The maximum absolute atomic E-state index is 11.8. The molecule has 1 N–H and O–H groups in total. The summed E-state index contributed by atoms with van der Waals surface area (Å²) in [6, 6.07) is 6.16. The van der Waals surface area contributed by atoms with Crippen LogP contribution in [0.5, 0.6) is 5.75 Å². The molecule has 3 nitrogen and oxygen atoms in total. The van der Waals surface area contributed by atoms with Crippen LogP contribution < -0.4 is 10.1 Å². The second-order valence-corrected chi connectivity index (χ2v) is 5.61. The number of ether oxygens (including phenoxy) is 1. The van der Waals surface area contributed by atoms with E-state index in [-0.39, 0.29) is 11.8 Å². The molecule has 1 aromatic carbocycles. The number of amides is 1. The predicted octanol–water partition coefficient (Wildman–Crippen LogP) is 2.66. The number of hydrogen-bond acceptors (Lipinski definition) is 3. The van der Waals surface area contributed by atoms with E-state index in [1.807, 2.05) is 32.2 Å². The van der Waals surface area contributed by atoms with Crippen LogP contribution in [0.4, 0.5) is 0 Å². The summed E-state index contributed by atoms with van der Waals surface area (Å²) in [6.07, 6.45) is 2.84. The molecule has 1 rings (SSSR count). The van der Waals surface area contributed by atoms with E-state index in [0.717, 1.165) is 23.5 Å². The molecule has 0 radical (unpaired) electrons. The van der Waals surface area contributed by atoms with Gasteiger partial charge in [0.15, 0.2) is 0 Å². The largest absolute Gasteiger partial charge is 0.496 e. The van der Waals surface area contributed by atoms with Gasteiger partial charge in [-0.15, -0.1) is 0 Å². The topological polar surface area (TPSA) is 38.3 Å². The fourth-order valence-electron chi connectivity index (χ4n) is 1.85. The first-order chi connectivity index (χ1) is 9.08. The molecule has 19 heavy (non-hydrogen) atoms. The first-order valence-electron chi connectivity index (χ1n) is 6.48. The lowest BCUT2D eigenvalue weighted by atomic mass is 10.1. The monoisotopic (exact) mass is 281 g/mol. The zero-order chi connectivity index (χ0) is 14.3. The second kappa shape index (κ2) is 8.10. The highest BCUT2D eigenvalue weighted by molar-refractivity contribution is 7.98. The molecule has 1 aromatic rings. The van der Waals surface area contributed by atoms with Crippen molar-refractivity contribution in [3.63, 3.8) is 0 Å². The lowest BCUT2D eigenvalue weighted by molar-refractivity contribution is -0.123. The number of methoxy groups -OCH3 is 1. The van der Waals surface area contributed by atoms with Gasteiger partial charge in [0.2, 0.25) is 5.91 Å². The Morgan fingerprint density at radius 1 is 1.47 bits per heavy atom. The Bertz CT molecular complexity index is 421. The van der Waals surface area contributed by atoms with E-state index in [2.05, 4.69) is 11.4 Å². The predicted molar refractivity (Wildman–Crippen MR) is 82.0 cm³/mol. The number of rotatable bonds is 7. The summed E-state index contributed by atoms with van der Waals surface area (Å²) in [5.74, 6) is 1.97. The van der Waals surface area contributed by atoms with Crippen molar-refractivity contribution in [1.82, 2.24) is 5.32 Å². The van der Waals surface area contributed by atoms with Crippen LogP contribution in [0.25, 0.3) is 0 Å². The molecule has 0 fully saturated rings. The van der Waals surface area contributed by atoms with Gasteiger partial charge in [0.1, 0.15) is 5.75 Å². The first kappa shape index (κ1) is 15.9. The highest BCUT2D eigenvalue weighted by Crippen LogP contribution is 2.19. The Morgan fingerprint density at radius 2 is 2.21 bits per heavy atom. The molecular weight excluding hydrogens is 258 g/mol. The molecule has 0 bridgehead atoms. The van der Waals surface area contributed by atoms with Crippen molar-refractivity contribution in [3.05, 3.63) is 29.3 Å². The maximum atomic E-state index is 11.8. The van der Waals surface area contributed by atoms with E-state index in [4.69, 9.17) is 4.74 Å². The van der Waals surface area contributed by atoms with Gasteiger partial charge in [-0.25, -0.2) is 0 Å². The van der Waals surface area contributed by atoms with E-state index in [0.29, 0.717) is 6.54 Å². The fraction of sp³-hybridized carbons (Fsp3) is 0.533. The molecule has 0 heterocycles. The van der Waals surface area contributed by atoms with Crippen LogP contribution in [0.1, 0.15) is 18.1 Å². The number of carbonyl (C=O) groups is 1. The van der Waals surface area contributed by atoms with Crippen molar-refractivity contribution in [1.29, 1.82) is 0 Å². The summed E-state index contributed by atoms with van der Waals surface area (Å²) in [7, 11) is 1.68. The van der Waals surface area contributed by atoms with E-state index >= 15 is 0 Å². The molecular formula is C15H23NO2S. The Balaban J connectivity index is 2.43. The minimum Gasteiger partial charge on any atom is -0.496 e. The third kappa shape index (κ3) is 5.15. The standard InChI is InChI=1S/C15H23NO2S/c1-11-5-6-13(9-14(11)18-3)7-8-16-15(17)12(2)10-19-4/h5-6,9,12H,7-8,10H2,1-4H3,(H,16,17)/t12-/m0/s1. The summed E-state index contributed by atoms with van der Waals surface area (Å²) in [6.45, 7) is 4.65. The molecule has 4 heteroatoms. The highest BCUT2D eigenvalue weighted by atomic mass is 32.2. The number of aryl methyl sites for hydroxylation is 1. The van der Waals surface area contributed by atoms with Gasteiger partial charge >= 0.3 is 0 Å². The summed E-state index contributed by atoms with van der Waals surface area (Å²) in [5, 5.41) is 2.97. The molecule has 0 aliphatic carbocycles. The molecule has 1 atom stereocenters. The molecule has 0 aliphatic heterocycles. The fourth-order valence-corrected chi connectivity index (χ4v) is 2.50. The van der Waals surface area contributed by atoms with Crippen LogP contribution >= 0.6 is 11.8 Å². The molecule has 106 valence electrons. The normalized spacial score (nSPS) is 12.0. The van der Waals surface area contributed by atoms with E-state index < -0.39 is 0 Å². The summed E-state index contributed by atoms with van der Waals surface area (Å²) >= 11 is 1.70. The third-order valence-corrected chi connectivity index (χ3v) is 3.88. The Morgan fingerprint density at radius 3 is 2.84 bits per heavy atom. The lowest BCUT2D eigenvalue weighted by Gasteiger charge is -2.11. The van der Waals surface area contributed by atoms with Gasteiger partial charge in [0.25, 0.3) is 0 Å². The van der Waals surface area contributed by atoms with Gasteiger partial charge in [-0.2, -0.15) is 11.8 Å². The van der Waals surface area contributed by atoms with E-state index in [1.54, 1.807) is 18.9 Å². The average molecular weight is 281 g/mol. The zero-order valence-electron chi connectivity index (χ0n) is 12.2. The Labute approximate surface area is 120 Å². The van der Waals surface area contributed by atoms with E-state index in [9.17, 15) is 4.79 Å². The molecule has 0 saturated heterocycles. The average Bonchev–Trinajstić information content (AvgIpc) is 2.40. The quantitative estimate of drug-likeness (QED) is 0.835. The van der Waals surface area contributed by atoms with Crippen LogP contribution in [0.3, 0.4) is 0 Å². The van der Waals surface area contributed by atoms with Gasteiger partial charge in [-0.3, -0.25) is 4.79 Å². The molecule has 0 spiro atoms. The number of nitrogens with one attached hydrogen (secondary N) is 1. The maximum Gasteiger partial charge on any atom is 0.223 e. The molecule has 1 amide bonds. The van der Waals surface area contributed by atoms with Gasteiger partial charge in [0, 0.05) is 18.2 Å². The van der Waals surface area contributed by atoms with Crippen molar-refractivity contribution in [2.75, 3.05) is 25.7 Å². The van der Waals surface area contributed by atoms with Gasteiger partial charge in [-0.05, 0) is 36.8 Å². The van der Waals surface area contributed by atoms with Gasteiger partial charge < -0.3 is 10.1 Å². The number of benzene rings is 1. The zero-order valence-corrected chi connectivity index (χ0v) is 13.0. The third-order valence-electron chi connectivity index (χ3n) is 3.05. The summed E-state index contributed by atoms with van der Waals surface area (Å²) in [5.41, 5.74) is 2.31. The number of hydrogen-bond donors (Lipinski definition) is 1. The van der Waals surface area contributed by atoms with Crippen molar-refractivity contribution in [2.45, 2.75) is 20.3 Å². The van der Waals surface area contributed by atoms with Crippen LogP contribution in [0, 0.1) is 12.8 Å². The molecule has 0 aliphatic rings. The van der Waals surface area contributed by atoms with Crippen molar-refractivity contribution in [3.8, 4) is 5.75 Å². The molecule has 0 saturated carbocycles. The Hall–Kier alpha value is -1.16. The first-order valence-corrected chi connectivity index (χ1v) is 7.88. The summed E-state index contributed by atoms with van der Waals surface area (Å²) in [4.78, 5) is 11.8. The molecule has 0 unspecified atom stereocenters. The smallest absolute Gasteiger partial charge is 0.223 e. The van der Waals surface area contributed by atoms with Crippen LogP contribution in [0.15, 0.2) is 18.2 Å².